The Hall–Kier alpha value is -2.86. The van der Waals surface area contributed by atoms with Crippen LogP contribution in [-0.2, 0) is 0 Å². The SMILES string of the molecule is CN1CCCC(CN(C)C(=O)Nc2ccc(C(=O)Nc3ccccc3)cc2)C1. The van der Waals surface area contributed by atoms with E-state index in [1.165, 1.54) is 6.42 Å². The molecule has 0 spiro atoms. The van der Waals surface area contributed by atoms with Crippen LogP contribution in [0, 0.1) is 5.92 Å². The minimum atomic E-state index is -0.178. The number of urea groups is 1. The maximum absolute atomic E-state index is 12.4. The Bertz CT molecular complexity index is 792. The van der Waals surface area contributed by atoms with Crippen molar-refractivity contribution in [3.05, 3.63) is 60.2 Å². The number of carbonyl (C=O) groups excluding carboxylic acids is 2. The van der Waals surface area contributed by atoms with Gasteiger partial charge in [-0.2, -0.15) is 0 Å². The van der Waals surface area contributed by atoms with E-state index >= 15 is 0 Å². The Morgan fingerprint density at radius 2 is 1.71 bits per heavy atom. The molecule has 0 saturated carbocycles. The maximum atomic E-state index is 12.4. The molecule has 0 aliphatic carbocycles. The summed E-state index contributed by atoms with van der Waals surface area (Å²) in [6, 6.07) is 16.1. The summed E-state index contributed by atoms with van der Waals surface area (Å²) in [6.45, 7) is 2.91. The van der Waals surface area contributed by atoms with Gasteiger partial charge in [0, 0.05) is 37.1 Å². The zero-order valence-corrected chi connectivity index (χ0v) is 16.5. The molecule has 3 amide bonds. The van der Waals surface area contributed by atoms with E-state index in [9.17, 15) is 9.59 Å². The Morgan fingerprint density at radius 3 is 2.39 bits per heavy atom. The fourth-order valence-corrected chi connectivity index (χ4v) is 3.54. The van der Waals surface area contributed by atoms with Gasteiger partial charge in [0.05, 0.1) is 0 Å². The maximum Gasteiger partial charge on any atom is 0.321 e. The van der Waals surface area contributed by atoms with Crippen LogP contribution in [0.3, 0.4) is 0 Å². The lowest BCUT2D eigenvalue weighted by Gasteiger charge is -2.32. The van der Waals surface area contributed by atoms with Crippen LogP contribution in [0.2, 0.25) is 0 Å². The second kappa shape index (κ2) is 9.37. The molecule has 1 saturated heterocycles. The molecule has 148 valence electrons. The number of rotatable bonds is 5. The molecule has 1 aliphatic heterocycles. The molecule has 2 aromatic carbocycles. The van der Waals surface area contributed by atoms with Crippen LogP contribution in [-0.4, -0.2) is 55.5 Å². The van der Waals surface area contributed by atoms with E-state index in [1.54, 1.807) is 29.2 Å². The van der Waals surface area contributed by atoms with Gasteiger partial charge in [0.15, 0.2) is 0 Å². The standard InChI is InChI=1S/C22H28N4O2/c1-25-14-6-7-17(15-25)16-26(2)22(28)24-20-12-10-18(11-13-20)21(27)23-19-8-4-3-5-9-19/h3-5,8-13,17H,6-7,14-16H2,1-2H3,(H,23,27)(H,24,28). The van der Waals surface area contributed by atoms with Crippen molar-refractivity contribution >= 4 is 23.3 Å². The Kier molecular flexibility index (Phi) is 6.66. The number of para-hydroxylation sites is 1. The highest BCUT2D eigenvalue weighted by molar-refractivity contribution is 6.04. The summed E-state index contributed by atoms with van der Waals surface area (Å²) < 4.78 is 0. The van der Waals surface area contributed by atoms with Crippen molar-refractivity contribution in [1.82, 2.24) is 9.80 Å². The van der Waals surface area contributed by atoms with Gasteiger partial charge in [-0.15, -0.1) is 0 Å². The largest absolute Gasteiger partial charge is 0.327 e. The predicted molar refractivity (Wildman–Crippen MR) is 113 cm³/mol. The summed E-state index contributed by atoms with van der Waals surface area (Å²) in [4.78, 5) is 28.8. The second-order valence-corrected chi connectivity index (χ2v) is 7.48. The molecule has 6 nitrogen and oxygen atoms in total. The van der Waals surface area contributed by atoms with Gasteiger partial charge in [-0.3, -0.25) is 4.79 Å². The van der Waals surface area contributed by atoms with E-state index in [0.29, 0.717) is 17.2 Å². The monoisotopic (exact) mass is 380 g/mol. The van der Waals surface area contributed by atoms with Crippen LogP contribution in [0.15, 0.2) is 54.6 Å². The third kappa shape index (κ3) is 5.57. The number of amides is 3. The summed E-state index contributed by atoms with van der Waals surface area (Å²) in [5.41, 5.74) is 1.97. The van der Waals surface area contributed by atoms with Crippen molar-refractivity contribution < 1.29 is 9.59 Å². The number of hydrogen-bond donors (Lipinski definition) is 2. The van der Waals surface area contributed by atoms with Gasteiger partial charge in [0.25, 0.3) is 5.91 Å². The van der Waals surface area contributed by atoms with Crippen molar-refractivity contribution in [2.75, 3.05) is 44.4 Å². The third-order valence-electron chi connectivity index (χ3n) is 5.03. The lowest BCUT2D eigenvalue weighted by atomic mass is 9.98. The number of piperidine rings is 1. The van der Waals surface area contributed by atoms with Gasteiger partial charge < -0.3 is 20.4 Å². The molecule has 3 rings (SSSR count). The van der Waals surface area contributed by atoms with Gasteiger partial charge in [0.1, 0.15) is 0 Å². The Labute approximate surface area is 166 Å². The van der Waals surface area contributed by atoms with Crippen molar-refractivity contribution in [1.29, 1.82) is 0 Å². The van der Waals surface area contributed by atoms with Gasteiger partial charge >= 0.3 is 6.03 Å². The van der Waals surface area contributed by atoms with E-state index < -0.39 is 0 Å². The smallest absolute Gasteiger partial charge is 0.321 e. The first-order valence-electron chi connectivity index (χ1n) is 9.68. The number of benzene rings is 2. The topological polar surface area (TPSA) is 64.7 Å². The highest BCUT2D eigenvalue weighted by Crippen LogP contribution is 2.17. The summed E-state index contributed by atoms with van der Waals surface area (Å²) >= 11 is 0. The van der Waals surface area contributed by atoms with Gasteiger partial charge in [0.2, 0.25) is 0 Å². The van der Waals surface area contributed by atoms with Crippen LogP contribution in [0.1, 0.15) is 23.2 Å². The number of anilines is 2. The van der Waals surface area contributed by atoms with Crippen molar-refractivity contribution in [3.63, 3.8) is 0 Å². The van der Waals surface area contributed by atoms with Crippen LogP contribution in [0.5, 0.6) is 0 Å². The normalized spacial score (nSPS) is 17.0. The first-order chi connectivity index (χ1) is 13.5. The lowest BCUT2D eigenvalue weighted by Crippen LogP contribution is -2.41. The number of carbonyl (C=O) groups is 2. The molecule has 1 unspecified atom stereocenters. The van der Waals surface area contributed by atoms with Crippen LogP contribution >= 0.6 is 0 Å². The minimum absolute atomic E-state index is 0.130. The molecule has 2 aromatic rings. The number of nitrogens with zero attached hydrogens (tertiary/aromatic N) is 2. The molecule has 1 heterocycles. The summed E-state index contributed by atoms with van der Waals surface area (Å²) in [6.07, 6.45) is 2.34. The van der Waals surface area contributed by atoms with Crippen molar-refractivity contribution in [2.24, 2.45) is 5.92 Å². The molecule has 1 atom stereocenters. The average molecular weight is 380 g/mol. The quantitative estimate of drug-likeness (QED) is 0.830. The fourth-order valence-electron chi connectivity index (χ4n) is 3.54. The van der Waals surface area contributed by atoms with E-state index in [0.717, 1.165) is 31.7 Å². The first kappa shape index (κ1) is 19.9. The van der Waals surface area contributed by atoms with Crippen molar-refractivity contribution in [2.45, 2.75) is 12.8 Å². The number of likely N-dealkylation sites (tertiary alicyclic amines) is 1. The molecular weight excluding hydrogens is 352 g/mol. The van der Waals surface area contributed by atoms with Crippen LogP contribution < -0.4 is 10.6 Å². The van der Waals surface area contributed by atoms with Crippen LogP contribution in [0.4, 0.5) is 16.2 Å². The summed E-state index contributed by atoms with van der Waals surface area (Å²) in [5.74, 6) is 0.334. The molecule has 6 heteroatoms. The fraction of sp³-hybridized carbons (Fsp3) is 0.364. The number of nitrogens with one attached hydrogen (secondary N) is 2. The van der Waals surface area contributed by atoms with E-state index in [1.807, 2.05) is 37.4 Å². The Morgan fingerprint density at radius 1 is 1.04 bits per heavy atom. The highest BCUT2D eigenvalue weighted by atomic mass is 16.2. The highest BCUT2D eigenvalue weighted by Gasteiger charge is 2.20. The molecule has 0 aromatic heterocycles. The minimum Gasteiger partial charge on any atom is -0.327 e. The first-order valence-corrected chi connectivity index (χ1v) is 9.68. The van der Waals surface area contributed by atoms with Gasteiger partial charge in [-0.1, -0.05) is 18.2 Å². The molecule has 1 aliphatic rings. The zero-order chi connectivity index (χ0) is 19.9. The molecule has 0 radical (unpaired) electrons. The van der Waals surface area contributed by atoms with E-state index in [2.05, 4.69) is 22.6 Å². The molecule has 0 bridgehead atoms. The summed E-state index contributed by atoms with van der Waals surface area (Å²) in [5, 5.41) is 5.75. The summed E-state index contributed by atoms with van der Waals surface area (Å²) in [7, 11) is 3.95. The van der Waals surface area contributed by atoms with E-state index in [-0.39, 0.29) is 11.9 Å². The molecule has 2 N–H and O–H groups in total. The predicted octanol–water partition coefficient (Wildman–Crippen LogP) is 3.74. The van der Waals surface area contributed by atoms with Crippen molar-refractivity contribution in [3.8, 4) is 0 Å². The zero-order valence-electron chi connectivity index (χ0n) is 16.5. The Balaban J connectivity index is 1.51. The van der Waals surface area contributed by atoms with Gasteiger partial charge in [-0.25, -0.2) is 4.79 Å². The molecule has 1 fully saturated rings. The van der Waals surface area contributed by atoms with E-state index in [4.69, 9.17) is 0 Å². The third-order valence-corrected chi connectivity index (χ3v) is 5.03. The molecule has 28 heavy (non-hydrogen) atoms. The average Bonchev–Trinajstić information content (AvgIpc) is 2.69. The molecular formula is C22H28N4O2. The second-order valence-electron chi connectivity index (χ2n) is 7.48. The van der Waals surface area contributed by atoms with Crippen LogP contribution in [0.25, 0.3) is 0 Å². The number of hydrogen-bond acceptors (Lipinski definition) is 3. The lowest BCUT2D eigenvalue weighted by molar-refractivity contribution is 0.102. The van der Waals surface area contributed by atoms with Gasteiger partial charge in [-0.05, 0) is 68.8 Å².